The first kappa shape index (κ1) is 29.3. The Labute approximate surface area is 105 Å². The minimum absolute atomic E-state index is 0. The molecule has 0 aliphatic heterocycles. The first-order valence-corrected chi connectivity index (χ1v) is 1.64. The van der Waals surface area contributed by atoms with E-state index in [4.69, 9.17) is 46.0 Å². The van der Waals surface area contributed by atoms with Crippen molar-refractivity contribution >= 4 is 0 Å². The Hall–Kier alpha value is -1.15. The zero-order valence-corrected chi connectivity index (χ0v) is 7.99. The molecule has 0 radical (unpaired) electrons. The van der Waals surface area contributed by atoms with Crippen molar-refractivity contribution in [2.75, 3.05) is 0 Å². The molecule has 0 unspecified atom stereocenters. The predicted octanol–water partition coefficient (Wildman–Crippen LogP) is -1.54. The molecule has 14 heteroatoms. The van der Waals surface area contributed by atoms with Gasteiger partial charge in [-0.3, -0.25) is 0 Å². The van der Waals surface area contributed by atoms with Crippen LogP contribution in [0.4, 0.5) is 0 Å². The second-order valence-corrected chi connectivity index (χ2v) is 0.671. The van der Waals surface area contributed by atoms with Crippen molar-refractivity contribution in [3.8, 4) is 0 Å². The van der Waals surface area contributed by atoms with Crippen molar-refractivity contribution < 1.29 is 59.3 Å². The molecule has 0 atom stereocenters. The van der Waals surface area contributed by atoms with E-state index in [9.17, 15) is 0 Å². The zero-order chi connectivity index (χ0) is 10.7. The van der Waals surface area contributed by atoms with Crippen LogP contribution >= 0.6 is 0 Å². The van der Waals surface area contributed by atoms with Gasteiger partial charge in [-0.15, -0.1) is 0 Å². The molecule has 2 N–H and O–H groups in total. The first-order chi connectivity index (χ1) is 5.20. The van der Waals surface area contributed by atoms with Crippen LogP contribution < -0.4 is 0 Å². The summed E-state index contributed by atoms with van der Waals surface area (Å²) in [5.74, 6) is 0. The second kappa shape index (κ2) is 22.6. The van der Waals surface area contributed by atoms with Crippen molar-refractivity contribution in [3.05, 3.63) is 46.0 Å². The maximum absolute atomic E-state index is 8.25. The fourth-order valence-corrected chi connectivity index (χ4v) is 0. The molecule has 0 aliphatic carbocycles. The van der Waals surface area contributed by atoms with Crippen molar-refractivity contribution in [1.29, 1.82) is 0 Å². The Morgan fingerprint density at radius 1 is 0.571 bits per heavy atom. The van der Waals surface area contributed by atoms with Gasteiger partial charge in [-0.05, 0) is 0 Å². The average molecular weight is 363 g/mol. The fraction of sp³-hybridized carbons (Fsp3) is 0. The molecule has 0 saturated heterocycles. The Morgan fingerprint density at radius 3 is 0.571 bits per heavy atom. The summed E-state index contributed by atoms with van der Waals surface area (Å²) >= 11 is 0. The maximum Gasteiger partial charge on any atom is 3.00 e. The van der Waals surface area contributed by atoms with E-state index >= 15 is 0 Å². The maximum atomic E-state index is 8.25. The molecule has 0 fully saturated rings. The second-order valence-electron chi connectivity index (χ2n) is 0.671. The van der Waals surface area contributed by atoms with E-state index in [-0.39, 0.29) is 44.1 Å². The molecule has 13 nitrogen and oxygen atoms in total. The third-order valence-electron chi connectivity index (χ3n) is 0. The summed E-state index contributed by atoms with van der Waals surface area (Å²) in [6, 6.07) is 0. The number of hydrogen-bond acceptors (Lipinski definition) is 9. The van der Waals surface area contributed by atoms with E-state index in [0.29, 0.717) is 0 Å². The van der Waals surface area contributed by atoms with Gasteiger partial charge in [0.05, 0.1) is 15.3 Å². The number of nitrogens with zero attached hydrogens (tertiary/aromatic N) is 3. The van der Waals surface area contributed by atoms with E-state index in [2.05, 4.69) is 0 Å². The Bertz CT molecular complexity index is 113. The molecular weight excluding hydrogens is 361 g/mol. The Kier molecular flexibility index (Phi) is 47.3. The molecule has 0 spiro atoms. The van der Waals surface area contributed by atoms with Crippen LogP contribution in [-0.4, -0.2) is 20.7 Å². The molecule has 0 amide bonds. The van der Waals surface area contributed by atoms with Gasteiger partial charge < -0.3 is 51.4 Å². The SMILES string of the molecule is O.O=[N+]([O-])[O-].O=[N+]([O-])[O-].O=[N+]([O-])[O-].[Tb+3]. The summed E-state index contributed by atoms with van der Waals surface area (Å²) in [5.41, 5.74) is 0. The van der Waals surface area contributed by atoms with Crippen LogP contribution in [-0.2, 0) is 0 Å². The van der Waals surface area contributed by atoms with Gasteiger partial charge in [0.2, 0.25) is 0 Å². The smallest absolute Gasteiger partial charge is 0.412 e. The first-order valence-electron chi connectivity index (χ1n) is 1.64. The van der Waals surface area contributed by atoms with E-state index in [1.165, 1.54) is 0 Å². The summed E-state index contributed by atoms with van der Waals surface area (Å²) in [6.45, 7) is 0. The quantitative estimate of drug-likeness (QED) is 0.358. The van der Waals surface area contributed by atoms with E-state index < -0.39 is 15.3 Å². The molecule has 0 heterocycles. The zero-order valence-electron chi connectivity index (χ0n) is 5.85. The number of hydrogen-bond donors (Lipinski definition) is 0. The summed E-state index contributed by atoms with van der Waals surface area (Å²) in [4.78, 5) is 24.8. The third kappa shape index (κ3) is 789. The molecule has 0 aromatic carbocycles. The third-order valence-corrected chi connectivity index (χ3v) is 0. The summed E-state index contributed by atoms with van der Waals surface area (Å²) in [6.07, 6.45) is 0. The number of rotatable bonds is 0. The molecule has 0 rings (SSSR count). The standard InChI is InChI=1S/3NO3.H2O.Tb/c3*2-1(3)4;;/h;;;1H2;/q3*-1;;+3. The molecule has 86 valence electrons. The summed E-state index contributed by atoms with van der Waals surface area (Å²) in [7, 11) is 0. The molecule has 0 bridgehead atoms. The van der Waals surface area contributed by atoms with Crippen molar-refractivity contribution in [2.45, 2.75) is 0 Å². The van der Waals surface area contributed by atoms with Crippen molar-refractivity contribution in [2.24, 2.45) is 0 Å². The molecule has 0 aromatic rings. The fourth-order valence-electron chi connectivity index (χ4n) is 0. The van der Waals surface area contributed by atoms with Crippen LogP contribution in [0.1, 0.15) is 0 Å². The van der Waals surface area contributed by atoms with Gasteiger partial charge in [0.1, 0.15) is 0 Å². The summed E-state index contributed by atoms with van der Waals surface area (Å²) < 4.78 is 0. The van der Waals surface area contributed by atoms with E-state index in [1.54, 1.807) is 0 Å². The van der Waals surface area contributed by atoms with E-state index in [0.717, 1.165) is 0 Å². The van der Waals surface area contributed by atoms with Gasteiger partial charge in [0.15, 0.2) is 0 Å². The minimum Gasteiger partial charge on any atom is -0.412 e. The molecule has 0 aliphatic rings. The van der Waals surface area contributed by atoms with Crippen LogP contribution in [0, 0.1) is 84.6 Å². The van der Waals surface area contributed by atoms with Crippen molar-refractivity contribution in [1.82, 2.24) is 0 Å². The van der Waals surface area contributed by atoms with Gasteiger partial charge in [-0.1, -0.05) is 0 Å². The van der Waals surface area contributed by atoms with Crippen LogP contribution in [0.5, 0.6) is 0 Å². The Morgan fingerprint density at radius 2 is 0.571 bits per heavy atom. The van der Waals surface area contributed by atoms with Gasteiger partial charge in [0, 0.05) is 0 Å². The van der Waals surface area contributed by atoms with Gasteiger partial charge in [-0.25, -0.2) is 0 Å². The van der Waals surface area contributed by atoms with Crippen molar-refractivity contribution in [3.63, 3.8) is 0 Å². The predicted molar refractivity (Wildman–Crippen MR) is 34.7 cm³/mol. The molecule has 0 aromatic heterocycles. The van der Waals surface area contributed by atoms with Crippen LogP contribution in [0.25, 0.3) is 0 Å². The van der Waals surface area contributed by atoms with Crippen LogP contribution in [0.15, 0.2) is 0 Å². The molecule has 14 heavy (non-hydrogen) atoms. The normalized spacial score (nSPS) is 5.14. The van der Waals surface area contributed by atoms with Gasteiger partial charge in [0.25, 0.3) is 0 Å². The Balaban J connectivity index is -0.0000000270. The monoisotopic (exact) mass is 363 g/mol. The minimum atomic E-state index is -1.75. The summed E-state index contributed by atoms with van der Waals surface area (Å²) in [5, 5.41) is 44.2. The van der Waals surface area contributed by atoms with Gasteiger partial charge in [-0.2, -0.15) is 0 Å². The molecule has 0 saturated carbocycles. The average Bonchev–Trinajstić information content (AvgIpc) is 1.54. The van der Waals surface area contributed by atoms with Crippen LogP contribution in [0.3, 0.4) is 0 Å². The van der Waals surface area contributed by atoms with Crippen LogP contribution in [0.2, 0.25) is 0 Å². The topological polar surface area (TPSA) is 230 Å². The largest absolute Gasteiger partial charge is 3.00 e. The van der Waals surface area contributed by atoms with Gasteiger partial charge >= 0.3 is 38.6 Å². The molecular formula is H2N3O10Tb. The van der Waals surface area contributed by atoms with E-state index in [1.807, 2.05) is 0 Å².